The summed E-state index contributed by atoms with van der Waals surface area (Å²) in [5.41, 5.74) is 1.42. The SMILES string of the molecule is Cc1nc(CN2CCC3(CC2)CC(c2ccccc2)C(=O)N(C2CC2)C3)no1. The van der Waals surface area contributed by atoms with Crippen molar-refractivity contribution in [2.45, 2.75) is 57.5 Å². The number of aromatic nitrogens is 2. The van der Waals surface area contributed by atoms with Crippen molar-refractivity contribution in [2.75, 3.05) is 19.6 Å². The van der Waals surface area contributed by atoms with Gasteiger partial charge in [-0.25, -0.2) is 0 Å². The molecule has 1 aliphatic carbocycles. The van der Waals surface area contributed by atoms with E-state index in [0.29, 0.717) is 17.8 Å². The second kappa shape index (κ2) is 6.99. The number of carbonyl (C=O) groups excluding carboxylic acids is 1. The van der Waals surface area contributed by atoms with Crippen LogP contribution in [0.3, 0.4) is 0 Å². The lowest BCUT2D eigenvalue weighted by molar-refractivity contribution is -0.142. The van der Waals surface area contributed by atoms with Gasteiger partial charge in [0.1, 0.15) is 0 Å². The van der Waals surface area contributed by atoms with Crippen LogP contribution in [0.15, 0.2) is 34.9 Å². The second-order valence-electron chi connectivity index (χ2n) is 8.87. The van der Waals surface area contributed by atoms with Crippen molar-refractivity contribution in [3.8, 4) is 0 Å². The summed E-state index contributed by atoms with van der Waals surface area (Å²) >= 11 is 0. The van der Waals surface area contributed by atoms with Crippen LogP contribution in [-0.4, -0.2) is 51.5 Å². The fourth-order valence-corrected chi connectivity index (χ4v) is 5.02. The molecule has 6 heteroatoms. The number of rotatable bonds is 4. The highest BCUT2D eigenvalue weighted by Crippen LogP contribution is 2.48. The Hall–Kier alpha value is -2.21. The number of hydrogen-bond donors (Lipinski definition) is 0. The van der Waals surface area contributed by atoms with E-state index in [-0.39, 0.29) is 11.3 Å². The quantitative estimate of drug-likeness (QED) is 0.815. The fourth-order valence-electron chi connectivity index (χ4n) is 5.02. The molecule has 1 spiro atoms. The zero-order valence-corrected chi connectivity index (χ0v) is 16.5. The second-order valence-corrected chi connectivity index (χ2v) is 8.87. The lowest BCUT2D eigenvalue weighted by atomic mass is 9.67. The Morgan fingerprint density at radius 1 is 1.18 bits per heavy atom. The zero-order chi connectivity index (χ0) is 19.1. The van der Waals surface area contributed by atoms with Crippen molar-refractivity contribution < 1.29 is 9.32 Å². The summed E-state index contributed by atoms with van der Waals surface area (Å²) in [5, 5.41) is 4.04. The number of amides is 1. The van der Waals surface area contributed by atoms with Gasteiger partial charge in [0.15, 0.2) is 5.82 Å². The molecule has 1 saturated carbocycles. The molecule has 5 rings (SSSR count). The molecule has 28 heavy (non-hydrogen) atoms. The first-order valence-corrected chi connectivity index (χ1v) is 10.5. The molecule has 1 atom stereocenters. The molecule has 0 bridgehead atoms. The van der Waals surface area contributed by atoms with E-state index in [9.17, 15) is 4.79 Å². The maximum Gasteiger partial charge on any atom is 0.230 e. The predicted octanol–water partition coefficient (Wildman–Crippen LogP) is 3.14. The van der Waals surface area contributed by atoms with E-state index >= 15 is 0 Å². The predicted molar refractivity (Wildman–Crippen MR) is 105 cm³/mol. The Bertz CT molecular complexity index is 837. The third-order valence-corrected chi connectivity index (χ3v) is 6.77. The number of benzene rings is 1. The molecule has 3 fully saturated rings. The number of aryl methyl sites for hydroxylation is 1. The third kappa shape index (κ3) is 3.46. The van der Waals surface area contributed by atoms with E-state index in [1.54, 1.807) is 0 Å². The summed E-state index contributed by atoms with van der Waals surface area (Å²) in [4.78, 5) is 22.2. The molecule has 1 amide bonds. The smallest absolute Gasteiger partial charge is 0.230 e. The van der Waals surface area contributed by atoms with Crippen molar-refractivity contribution >= 4 is 5.91 Å². The monoisotopic (exact) mass is 380 g/mol. The summed E-state index contributed by atoms with van der Waals surface area (Å²) in [6.07, 6.45) is 5.58. The highest BCUT2D eigenvalue weighted by atomic mass is 16.5. The summed E-state index contributed by atoms with van der Waals surface area (Å²) in [5.74, 6) is 1.76. The number of nitrogens with zero attached hydrogens (tertiary/aromatic N) is 4. The van der Waals surface area contributed by atoms with Crippen molar-refractivity contribution in [3.63, 3.8) is 0 Å². The van der Waals surface area contributed by atoms with E-state index in [1.165, 1.54) is 18.4 Å². The Balaban J connectivity index is 1.32. The van der Waals surface area contributed by atoms with E-state index < -0.39 is 0 Å². The van der Waals surface area contributed by atoms with Gasteiger partial charge in [0, 0.05) is 19.5 Å². The van der Waals surface area contributed by atoms with Gasteiger partial charge in [-0.1, -0.05) is 35.5 Å². The minimum Gasteiger partial charge on any atom is -0.340 e. The summed E-state index contributed by atoms with van der Waals surface area (Å²) in [6.45, 7) is 5.58. The van der Waals surface area contributed by atoms with Gasteiger partial charge in [-0.2, -0.15) is 4.98 Å². The van der Waals surface area contributed by atoms with Crippen LogP contribution in [0.4, 0.5) is 0 Å². The molecular formula is C22H28N4O2. The van der Waals surface area contributed by atoms with Gasteiger partial charge in [-0.05, 0) is 56.2 Å². The van der Waals surface area contributed by atoms with Crippen molar-refractivity contribution in [1.82, 2.24) is 19.9 Å². The molecule has 1 aromatic carbocycles. The highest BCUT2D eigenvalue weighted by Gasteiger charge is 2.49. The number of carbonyl (C=O) groups is 1. The maximum absolute atomic E-state index is 13.2. The standard InChI is InChI=1S/C22H28N4O2/c1-16-23-20(24-28-16)14-25-11-9-22(10-12-25)13-19(17-5-3-2-4-6-17)21(27)26(15-22)18-7-8-18/h2-6,18-19H,7-15H2,1H3. The minimum absolute atomic E-state index is 0.0157. The Kier molecular flexibility index (Phi) is 4.46. The number of likely N-dealkylation sites (tertiary alicyclic amines) is 2. The van der Waals surface area contributed by atoms with E-state index in [1.807, 2.05) is 13.0 Å². The van der Waals surface area contributed by atoms with E-state index in [4.69, 9.17) is 4.52 Å². The van der Waals surface area contributed by atoms with Crippen molar-refractivity contribution in [2.24, 2.45) is 5.41 Å². The summed E-state index contributed by atoms with van der Waals surface area (Å²) < 4.78 is 5.11. The van der Waals surface area contributed by atoms with Crippen LogP contribution in [0, 0.1) is 12.3 Å². The van der Waals surface area contributed by atoms with E-state index in [0.717, 1.165) is 51.3 Å². The molecule has 1 unspecified atom stereocenters. The zero-order valence-electron chi connectivity index (χ0n) is 16.5. The van der Waals surface area contributed by atoms with Crippen LogP contribution in [0.2, 0.25) is 0 Å². The van der Waals surface area contributed by atoms with Crippen LogP contribution >= 0.6 is 0 Å². The molecule has 2 aliphatic heterocycles. The molecule has 0 radical (unpaired) electrons. The van der Waals surface area contributed by atoms with Crippen LogP contribution < -0.4 is 0 Å². The average molecular weight is 380 g/mol. The number of piperidine rings is 2. The molecule has 2 saturated heterocycles. The first-order valence-electron chi connectivity index (χ1n) is 10.5. The summed E-state index contributed by atoms with van der Waals surface area (Å²) in [7, 11) is 0. The van der Waals surface area contributed by atoms with Gasteiger partial charge < -0.3 is 9.42 Å². The van der Waals surface area contributed by atoms with Crippen molar-refractivity contribution in [3.05, 3.63) is 47.6 Å². The van der Waals surface area contributed by atoms with Crippen molar-refractivity contribution in [1.29, 1.82) is 0 Å². The van der Waals surface area contributed by atoms with Crippen LogP contribution in [-0.2, 0) is 11.3 Å². The Labute approximate surface area is 165 Å². The molecule has 6 nitrogen and oxygen atoms in total. The summed E-state index contributed by atoms with van der Waals surface area (Å²) in [6, 6.07) is 10.9. The highest BCUT2D eigenvalue weighted by molar-refractivity contribution is 5.85. The molecule has 2 aromatic rings. The van der Waals surface area contributed by atoms with Gasteiger partial charge in [-0.3, -0.25) is 9.69 Å². The van der Waals surface area contributed by atoms with Gasteiger partial charge >= 0.3 is 0 Å². The van der Waals surface area contributed by atoms with Gasteiger partial charge in [0.2, 0.25) is 11.8 Å². The lowest BCUT2D eigenvalue weighted by Crippen LogP contribution is -2.54. The average Bonchev–Trinajstić information content (AvgIpc) is 3.48. The topological polar surface area (TPSA) is 62.5 Å². The lowest BCUT2D eigenvalue weighted by Gasteiger charge is -2.50. The first-order chi connectivity index (χ1) is 13.6. The molecule has 1 aromatic heterocycles. The molecular weight excluding hydrogens is 352 g/mol. The molecule has 0 N–H and O–H groups in total. The minimum atomic E-state index is 0.0157. The van der Waals surface area contributed by atoms with Crippen LogP contribution in [0.5, 0.6) is 0 Å². The largest absolute Gasteiger partial charge is 0.340 e. The van der Waals surface area contributed by atoms with Gasteiger partial charge in [0.25, 0.3) is 0 Å². The molecule has 148 valence electrons. The third-order valence-electron chi connectivity index (χ3n) is 6.77. The Morgan fingerprint density at radius 3 is 2.57 bits per heavy atom. The molecule has 3 heterocycles. The fraction of sp³-hybridized carbons (Fsp3) is 0.591. The maximum atomic E-state index is 13.2. The van der Waals surface area contributed by atoms with Crippen LogP contribution in [0.25, 0.3) is 0 Å². The normalized spacial score (nSPS) is 25.4. The van der Waals surface area contributed by atoms with Gasteiger partial charge in [0.05, 0.1) is 12.5 Å². The van der Waals surface area contributed by atoms with Crippen LogP contribution in [0.1, 0.15) is 55.3 Å². The van der Waals surface area contributed by atoms with Gasteiger partial charge in [-0.15, -0.1) is 0 Å². The first kappa shape index (κ1) is 17.9. The Morgan fingerprint density at radius 2 is 1.93 bits per heavy atom. The molecule has 3 aliphatic rings. The van der Waals surface area contributed by atoms with E-state index in [2.05, 4.69) is 44.2 Å². The number of hydrogen-bond acceptors (Lipinski definition) is 5.